The van der Waals surface area contributed by atoms with Crippen LogP contribution in [0.15, 0.2) is 84.0 Å². The van der Waals surface area contributed by atoms with E-state index in [9.17, 15) is 14.7 Å². The van der Waals surface area contributed by atoms with E-state index < -0.39 is 18.0 Å². The normalized spacial score (nSPS) is 11.8. The molecule has 0 bridgehead atoms. The average molecular weight is 409 g/mol. The third-order valence-electron chi connectivity index (χ3n) is 3.92. The minimum atomic E-state index is -1.30. The molecule has 3 aromatic carbocycles. The van der Waals surface area contributed by atoms with Crippen molar-refractivity contribution in [3.63, 3.8) is 0 Å². The molecule has 29 heavy (non-hydrogen) atoms. The van der Waals surface area contributed by atoms with Crippen LogP contribution >= 0.6 is 11.6 Å². The molecule has 7 heteroatoms. The van der Waals surface area contributed by atoms with Gasteiger partial charge in [-0.15, -0.1) is 0 Å². The number of nitrogens with one attached hydrogen (secondary N) is 1. The third-order valence-corrected chi connectivity index (χ3v) is 4.17. The first-order chi connectivity index (χ1) is 14.0. The van der Waals surface area contributed by atoms with Gasteiger partial charge in [0, 0.05) is 5.02 Å². The second-order valence-corrected chi connectivity index (χ2v) is 6.45. The number of halogens is 1. The second-order valence-electron chi connectivity index (χ2n) is 6.01. The minimum Gasteiger partial charge on any atom is -0.423 e. The molecule has 146 valence electrons. The zero-order valence-electron chi connectivity index (χ0n) is 15.2. The molecule has 0 aliphatic carbocycles. The van der Waals surface area contributed by atoms with Crippen molar-refractivity contribution in [2.75, 3.05) is 0 Å². The lowest BCUT2D eigenvalue weighted by molar-refractivity contribution is -0.129. The molecule has 0 saturated heterocycles. The van der Waals surface area contributed by atoms with Crippen LogP contribution < -0.4 is 10.2 Å². The molecule has 2 N–H and O–H groups in total. The molecular formula is C22H17ClN2O4. The summed E-state index contributed by atoms with van der Waals surface area (Å²) in [6.45, 7) is 0. The van der Waals surface area contributed by atoms with Gasteiger partial charge in [-0.25, -0.2) is 10.2 Å². The number of ether oxygens (including phenoxy) is 1. The number of carbonyl (C=O) groups excluding carboxylic acids is 2. The Morgan fingerprint density at radius 1 is 0.966 bits per heavy atom. The van der Waals surface area contributed by atoms with Gasteiger partial charge in [0.2, 0.25) is 0 Å². The van der Waals surface area contributed by atoms with E-state index in [1.54, 1.807) is 78.9 Å². The number of amides is 1. The summed E-state index contributed by atoms with van der Waals surface area (Å²) in [4.78, 5) is 24.0. The predicted octanol–water partition coefficient (Wildman–Crippen LogP) is 3.74. The number of esters is 1. The molecule has 0 fully saturated rings. The molecule has 0 aliphatic heterocycles. The molecule has 1 amide bonds. The number of nitrogens with zero attached hydrogens (tertiary/aromatic N) is 1. The van der Waals surface area contributed by atoms with Gasteiger partial charge >= 0.3 is 5.97 Å². The molecule has 0 aromatic heterocycles. The fourth-order valence-electron chi connectivity index (χ4n) is 2.39. The fraction of sp³-hybridized carbons (Fsp3) is 0.0455. The van der Waals surface area contributed by atoms with Crippen LogP contribution in [0.1, 0.15) is 27.6 Å². The maximum absolute atomic E-state index is 12.1. The second kappa shape index (κ2) is 9.64. The van der Waals surface area contributed by atoms with Gasteiger partial charge in [0.1, 0.15) is 5.75 Å². The molecule has 0 aliphatic rings. The molecular weight excluding hydrogens is 392 g/mol. The van der Waals surface area contributed by atoms with Gasteiger partial charge in [-0.1, -0.05) is 41.9 Å². The number of aliphatic hydroxyl groups is 1. The van der Waals surface area contributed by atoms with Gasteiger partial charge in [-0.2, -0.15) is 5.10 Å². The molecule has 0 heterocycles. The summed E-state index contributed by atoms with van der Waals surface area (Å²) in [6, 6.07) is 21.5. The summed E-state index contributed by atoms with van der Waals surface area (Å²) >= 11 is 5.80. The van der Waals surface area contributed by atoms with E-state index in [4.69, 9.17) is 16.3 Å². The highest BCUT2D eigenvalue weighted by Crippen LogP contribution is 2.15. The lowest BCUT2D eigenvalue weighted by atomic mass is 10.1. The highest BCUT2D eigenvalue weighted by atomic mass is 35.5. The van der Waals surface area contributed by atoms with E-state index >= 15 is 0 Å². The molecule has 0 spiro atoms. The van der Waals surface area contributed by atoms with Crippen molar-refractivity contribution >= 4 is 29.7 Å². The van der Waals surface area contributed by atoms with Crippen LogP contribution in [0.2, 0.25) is 5.02 Å². The highest BCUT2D eigenvalue weighted by Gasteiger charge is 2.15. The third kappa shape index (κ3) is 5.75. The van der Waals surface area contributed by atoms with Gasteiger partial charge in [0.25, 0.3) is 5.91 Å². The predicted molar refractivity (Wildman–Crippen MR) is 110 cm³/mol. The van der Waals surface area contributed by atoms with Crippen LogP contribution in [0.3, 0.4) is 0 Å². The molecule has 0 saturated carbocycles. The number of hydrazone groups is 1. The Balaban J connectivity index is 1.54. The zero-order chi connectivity index (χ0) is 20.6. The van der Waals surface area contributed by atoms with Crippen LogP contribution in [0.25, 0.3) is 0 Å². The molecule has 3 aromatic rings. The summed E-state index contributed by atoms with van der Waals surface area (Å²) in [5.74, 6) is -0.767. The Morgan fingerprint density at radius 3 is 2.28 bits per heavy atom. The summed E-state index contributed by atoms with van der Waals surface area (Å²) in [5.41, 5.74) is 3.83. The van der Waals surface area contributed by atoms with E-state index in [0.29, 0.717) is 27.5 Å². The number of hydrogen-bond donors (Lipinski definition) is 2. The smallest absolute Gasteiger partial charge is 0.343 e. The van der Waals surface area contributed by atoms with Crippen molar-refractivity contribution in [1.82, 2.24) is 5.43 Å². The first-order valence-corrected chi connectivity index (χ1v) is 9.04. The Hall–Kier alpha value is -3.48. The lowest BCUT2D eigenvalue weighted by Gasteiger charge is -2.08. The van der Waals surface area contributed by atoms with E-state index in [1.807, 2.05) is 0 Å². The van der Waals surface area contributed by atoms with Gasteiger partial charge in [-0.3, -0.25) is 4.79 Å². The summed E-state index contributed by atoms with van der Waals surface area (Å²) < 4.78 is 5.29. The summed E-state index contributed by atoms with van der Waals surface area (Å²) in [7, 11) is 0. The molecule has 0 unspecified atom stereocenters. The Bertz CT molecular complexity index is 1000. The zero-order valence-corrected chi connectivity index (χ0v) is 15.9. The fourth-order valence-corrected chi connectivity index (χ4v) is 2.52. The first-order valence-electron chi connectivity index (χ1n) is 8.66. The van der Waals surface area contributed by atoms with Crippen molar-refractivity contribution in [2.45, 2.75) is 6.10 Å². The quantitative estimate of drug-likeness (QED) is 0.281. The molecule has 3 rings (SSSR count). The first kappa shape index (κ1) is 20.3. The maximum Gasteiger partial charge on any atom is 0.343 e. The van der Waals surface area contributed by atoms with Crippen LogP contribution in [-0.4, -0.2) is 23.2 Å². The Kier molecular flexibility index (Phi) is 6.73. The maximum atomic E-state index is 12.1. The van der Waals surface area contributed by atoms with E-state index in [1.165, 1.54) is 6.21 Å². The lowest BCUT2D eigenvalue weighted by Crippen LogP contribution is -2.25. The number of rotatable bonds is 6. The van der Waals surface area contributed by atoms with Crippen LogP contribution in [0.4, 0.5) is 0 Å². The molecule has 1 atom stereocenters. The monoisotopic (exact) mass is 408 g/mol. The van der Waals surface area contributed by atoms with E-state index in [0.717, 1.165) is 0 Å². The van der Waals surface area contributed by atoms with Crippen molar-refractivity contribution in [3.05, 3.63) is 101 Å². The van der Waals surface area contributed by atoms with Crippen LogP contribution in [0.5, 0.6) is 5.75 Å². The van der Waals surface area contributed by atoms with Crippen molar-refractivity contribution in [2.24, 2.45) is 5.10 Å². The topological polar surface area (TPSA) is 88.0 Å². The van der Waals surface area contributed by atoms with Crippen LogP contribution in [-0.2, 0) is 4.79 Å². The summed E-state index contributed by atoms with van der Waals surface area (Å²) in [5, 5.41) is 14.3. The van der Waals surface area contributed by atoms with Crippen molar-refractivity contribution in [1.29, 1.82) is 0 Å². The Labute approximate surface area is 172 Å². The Morgan fingerprint density at radius 2 is 1.62 bits per heavy atom. The minimum absolute atomic E-state index is 0.366. The van der Waals surface area contributed by atoms with Crippen LogP contribution in [0, 0.1) is 0 Å². The van der Waals surface area contributed by atoms with E-state index in [-0.39, 0.29) is 0 Å². The molecule has 6 nitrogen and oxygen atoms in total. The van der Waals surface area contributed by atoms with Crippen molar-refractivity contribution in [3.8, 4) is 5.75 Å². The van der Waals surface area contributed by atoms with Gasteiger partial charge in [0.15, 0.2) is 6.10 Å². The van der Waals surface area contributed by atoms with Gasteiger partial charge in [-0.05, 0) is 59.7 Å². The van der Waals surface area contributed by atoms with Gasteiger partial charge < -0.3 is 9.84 Å². The largest absolute Gasteiger partial charge is 0.423 e. The average Bonchev–Trinajstić information content (AvgIpc) is 2.75. The number of benzene rings is 3. The number of hydrogen-bond acceptors (Lipinski definition) is 5. The molecule has 0 radical (unpaired) electrons. The van der Waals surface area contributed by atoms with Crippen molar-refractivity contribution < 1.29 is 19.4 Å². The SMILES string of the molecule is O=C(Oc1ccc(/C=N\NC(=O)[C@H](O)c2ccccc2)cc1)c1ccc(Cl)cc1. The summed E-state index contributed by atoms with van der Waals surface area (Å²) in [6.07, 6.45) is 0.114. The number of aliphatic hydroxyl groups excluding tert-OH is 1. The standard InChI is InChI=1S/C22H17ClN2O4/c23-18-10-8-17(9-11-18)22(28)29-19-12-6-15(7-13-19)14-24-25-21(27)20(26)16-4-2-1-3-5-16/h1-14,20,26H,(H,25,27)/b24-14-/t20-/m1/s1. The highest BCUT2D eigenvalue weighted by molar-refractivity contribution is 6.30. The number of carbonyl (C=O) groups is 2. The van der Waals surface area contributed by atoms with E-state index in [2.05, 4.69) is 10.5 Å². The van der Waals surface area contributed by atoms with Gasteiger partial charge in [0.05, 0.1) is 11.8 Å².